The van der Waals surface area contributed by atoms with E-state index in [2.05, 4.69) is 19.2 Å². The summed E-state index contributed by atoms with van der Waals surface area (Å²) in [6, 6.07) is 9.45. The molecule has 20 heavy (non-hydrogen) atoms. The lowest BCUT2D eigenvalue weighted by Crippen LogP contribution is -2.38. The third kappa shape index (κ3) is 6.09. The summed E-state index contributed by atoms with van der Waals surface area (Å²) >= 11 is 0. The van der Waals surface area contributed by atoms with Crippen LogP contribution in [0.15, 0.2) is 30.3 Å². The Morgan fingerprint density at radius 2 is 1.95 bits per heavy atom. The van der Waals surface area contributed by atoms with Gasteiger partial charge in [-0.2, -0.15) is 0 Å². The number of benzene rings is 1. The molecule has 0 saturated heterocycles. The molecule has 1 aromatic carbocycles. The van der Waals surface area contributed by atoms with Crippen molar-refractivity contribution in [3.63, 3.8) is 0 Å². The Hall–Kier alpha value is -1.51. The molecule has 0 radical (unpaired) electrons. The summed E-state index contributed by atoms with van der Waals surface area (Å²) in [5.74, 6) is 1.26. The zero-order chi connectivity index (χ0) is 14.8. The Labute approximate surface area is 122 Å². The Kier molecular flexibility index (Phi) is 7.78. The van der Waals surface area contributed by atoms with Gasteiger partial charge in [0.15, 0.2) is 6.10 Å². The van der Waals surface area contributed by atoms with E-state index in [0.717, 1.165) is 18.7 Å². The average Bonchev–Trinajstić information content (AvgIpc) is 2.48. The molecular weight excluding hydrogens is 250 g/mol. The van der Waals surface area contributed by atoms with E-state index in [1.54, 1.807) is 6.92 Å². The van der Waals surface area contributed by atoms with E-state index in [1.165, 1.54) is 19.3 Å². The lowest BCUT2D eigenvalue weighted by atomic mass is 9.99. The number of ether oxygens (including phenoxy) is 1. The molecule has 0 fully saturated rings. The SMILES string of the molecule is CCCC[C@@H](CC)CNC(=O)[C@@H](C)Oc1ccccc1. The predicted octanol–water partition coefficient (Wildman–Crippen LogP) is 3.79. The number of nitrogens with one attached hydrogen (secondary N) is 1. The predicted molar refractivity (Wildman–Crippen MR) is 82.8 cm³/mol. The Bertz CT molecular complexity index is 378. The highest BCUT2D eigenvalue weighted by atomic mass is 16.5. The van der Waals surface area contributed by atoms with E-state index in [1.807, 2.05) is 30.3 Å². The van der Waals surface area contributed by atoms with Crippen LogP contribution in [-0.2, 0) is 4.79 Å². The number of hydrogen-bond acceptors (Lipinski definition) is 2. The standard InChI is InChI=1S/C17H27NO2/c1-4-6-10-15(5-2)13-18-17(19)14(3)20-16-11-8-7-9-12-16/h7-9,11-12,14-15H,4-6,10,13H2,1-3H3,(H,18,19)/t14-,15-/m1/s1. The molecule has 1 amide bonds. The Balaban J connectivity index is 2.34. The summed E-state index contributed by atoms with van der Waals surface area (Å²) in [5.41, 5.74) is 0. The fourth-order valence-corrected chi connectivity index (χ4v) is 2.09. The van der Waals surface area contributed by atoms with Gasteiger partial charge in [-0.1, -0.05) is 51.3 Å². The molecule has 0 bridgehead atoms. The minimum atomic E-state index is -0.457. The summed E-state index contributed by atoms with van der Waals surface area (Å²) in [6.07, 6.45) is 4.26. The first-order valence-corrected chi connectivity index (χ1v) is 7.66. The number of unbranched alkanes of at least 4 members (excludes halogenated alkanes) is 1. The van der Waals surface area contributed by atoms with E-state index in [9.17, 15) is 4.79 Å². The molecule has 0 saturated carbocycles. The number of rotatable bonds is 9. The van der Waals surface area contributed by atoms with Gasteiger partial charge in [-0.05, 0) is 31.4 Å². The quantitative estimate of drug-likeness (QED) is 0.746. The van der Waals surface area contributed by atoms with Crippen molar-refractivity contribution in [3.8, 4) is 5.75 Å². The third-order valence-electron chi connectivity index (χ3n) is 3.53. The van der Waals surface area contributed by atoms with E-state index in [0.29, 0.717) is 5.92 Å². The van der Waals surface area contributed by atoms with Gasteiger partial charge in [-0.25, -0.2) is 0 Å². The molecule has 1 aromatic rings. The van der Waals surface area contributed by atoms with Crippen molar-refractivity contribution in [1.29, 1.82) is 0 Å². The van der Waals surface area contributed by atoms with Crippen molar-refractivity contribution in [3.05, 3.63) is 30.3 Å². The summed E-state index contributed by atoms with van der Waals surface area (Å²) in [4.78, 5) is 12.0. The molecule has 3 heteroatoms. The van der Waals surface area contributed by atoms with Gasteiger partial charge >= 0.3 is 0 Å². The zero-order valence-corrected chi connectivity index (χ0v) is 12.9. The second-order valence-corrected chi connectivity index (χ2v) is 5.23. The van der Waals surface area contributed by atoms with E-state index < -0.39 is 6.10 Å². The largest absolute Gasteiger partial charge is 0.481 e. The molecule has 0 spiro atoms. The van der Waals surface area contributed by atoms with E-state index in [4.69, 9.17) is 4.74 Å². The van der Waals surface area contributed by atoms with Crippen LogP contribution in [0, 0.1) is 5.92 Å². The topological polar surface area (TPSA) is 38.3 Å². The fourth-order valence-electron chi connectivity index (χ4n) is 2.09. The minimum Gasteiger partial charge on any atom is -0.481 e. The highest BCUT2D eigenvalue weighted by Crippen LogP contribution is 2.13. The maximum atomic E-state index is 12.0. The van der Waals surface area contributed by atoms with Crippen LogP contribution < -0.4 is 10.1 Å². The maximum Gasteiger partial charge on any atom is 0.260 e. The molecule has 1 N–H and O–H groups in total. The zero-order valence-electron chi connectivity index (χ0n) is 12.9. The van der Waals surface area contributed by atoms with Crippen molar-refractivity contribution in [2.45, 2.75) is 52.6 Å². The van der Waals surface area contributed by atoms with Gasteiger partial charge in [0.05, 0.1) is 0 Å². The van der Waals surface area contributed by atoms with Gasteiger partial charge in [-0.3, -0.25) is 4.79 Å². The van der Waals surface area contributed by atoms with Crippen molar-refractivity contribution in [2.24, 2.45) is 5.92 Å². The lowest BCUT2D eigenvalue weighted by molar-refractivity contribution is -0.127. The average molecular weight is 277 g/mol. The summed E-state index contributed by atoms with van der Waals surface area (Å²) in [6.45, 7) is 6.91. The first-order chi connectivity index (χ1) is 9.67. The van der Waals surface area contributed by atoms with Crippen LogP contribution >= 0.6 is 0 Å². The molecule has 0 aromatic heterocycles. The van der Waals surface area contributed by atoms with Gasteiger partial charge in [-0.15, -0.1) is 0 Å². The highest BCUT2D eigenvalue weighted by Gasteiger charge is 2.15. The van der Waals surface area contributed by atoms with Crippen molar-refractivity contribution in [1.82, 2.24) is 5.32 Å². The van der Waals surface area contributed by atoms with Crippen LogP contribution in [0.1, 0.15) is 46.5 Å². The number of carbonyl (C=O) groups excluding carboxylic acids is 1. The number of para-hydroxylation sites is 1. The summed E-state index contributed by atoms with van der Waals surface area (Å²) < 4.78 is 5.61. The van der Waals surface area contributed by atoms with Crippen LogP contribution in [0.3, 0.4) is 0 Å². The number of amides is 1. The molecule has 112 valence electrons. The molecule has 0 aliphatic heterocycles. The lowest BCUT2D eigenvalue weighted by Gasteiger charge is -2.18. The first kappa shape index (κ1) is 16.5. The molecule has 3 nitrogen and oxygen atoms in total. The molecule has 0 aliphatic carbocycles. The summed E-state index contributed by atoms with van der Waals surface area (Å²) in [7, 11) is 0. The summed E-state index contributed by atoms with van der Waals surface area (Å²) in [5, 5.41) is 3.00. The van der Waals surface area contributed by atoms with Gasteiger partial charge in [0.25, 0.3) is 5.91 Å². The van der Waals surface area contributed by atoms with Gasteiger partial charge in [0.1, 0.15) is 5.75 Å². The first-order valence-electron chi connectivity index (χ1n) is 7.66. The van der Waals surface area contributed by atoms with Crippen molar-refractivity contribution in [2.75, 3.05) is 6.54 Å². The molecule has 0 aliphatic rings. The number of carbonyl (C=O) groups is 1. The van der Waals surface area contributed by atoms with Crippen molar-refractivity contribution < 1.29 is 9.53 Å². The third-order valence-corrected chi connectivity index (χ3v) is 3.53. The van der Waals surface area contributed by atoms with Crippen molar-refractivity contribution >= 4 is 5.91 Å². The normalized spacial score (nSPS) is 13.6. The van der Waals surface area contributed by atoms with Crippen LogP contribution in [0.4, 0.5) is 0 Å². The monoisotopic (exact) mass is 277 g/mol. The highest BCUT2D eigenvalue weighted by molar-refractivity contribution is 5.80. The maximum absolute atomic E-state index is 12.0. The second-order valence-electron chi connectivity index (χ2n) is 5.23. The Morgan fingerprint density at radius 3 is 2.55 bits per heavy atom. The van der Waals surface area contributed by atoms with Crippen LogP contribution in [-0.4, -0.2) is 18.6 Å². The second kappa shape index (κ2) is 9.40. The molecule has 0 heterocycles. The molecular formula is C17H27NO2. The molecule has 2 atom stereocenters. The minimum absolute atomic E-state index is 0.0381. The van der Waals surface area contributed by atoms with Crippen LogP contribution in [0.5, 0.6) is 5.75 Å². The molecule has 1 rings (SSSR count). The number of hydrogen-bond donors (Lipinski definition) is 1. The van der Waals surface area contributed by atoms with E-state index in [-0.39, 0.29) is 5.91 Å². The van der Waals surface area contributed by atoms with Gasteiger partial charge in [0.2, 0.25) is 0 Å². The Morgan fingerprint density at radius 1 is 1.25 bits per heavy atom. The van der Waals surface area contributed by atoms with E-state index >= 15 is 0 Å². The van der Waals surface area contributed by atoms with Gasteiger partial charge < -0.3 is 10.1 Å². The van der Waals surface area contributed by atoms with Crippen LogP contribution in [0.25, 0.3) is 0 Å². The molecule has 0 unspecified atom stereocenters. The van der Waals surface area contributed by atoms with Gasteiger partial charge in [0, 0.05) is 6.54 Å². The fraction of sp³-hybridized carbons (Fsp3) is 0.588. The van der Waals surface area contributed by atoms with Crippen LogP contribution in [0.2, 0.25) is 0 Å². The smallest absolute Gasteiger partial charge is 0.260 e.